The van der Waals surface area contributed by atoms with Crippen molar-refractivity contribution >= 4 is 0 Å². The minimum atomic E-state index is 0.0885. The molecule has 0 aromatic carbocycles. The third kappa shape index (κ3) is 2.80. The van der Waals surface area contributed by atoms with Crippen molar-refractivity contribution in [3.63, 3.8) is 0 Å². The maximum Gasteiger partial charge on any atom is 0.0166 e. The van der Waals surface area contributed by atoms with Gasteiger partial charge in [0.05, 0.1) is 0 Å². The molecule has 0 atom stereocenters. The lowest BCUT2D eigenvalue weighted by Crippen LogP contribution is -2.41. The highest BCUT2D eigenvalue weighted by Gasteiger charge is 2.24. The van der Waals surface area contributed by atoms with Crippen molar-refractivity contribution in [2.45, 2.75) is 50.5 Å². The van der Waals surface area contributed by atoms with E-state index in [9.17, 15) is 0 Å². The van der Waals surface area contributed by atoms with Gasteiger partial charge >= 0.3 is 0 Å². The molecule has 2 nitrogen and oxygen atoms in total. The van der Waals surface area contributed by atoms with E-state index in [2.05, 4.69) is 0 Å². The second kappa shape index (κ2) is 4.07. The van der Waals surface area contributed by atoms with Crippen molar-refractivity contribution in [3.05, 3.63) is 0 Å². The van der Waals surface area contributed by atoms with Crippen LogP contribution in [0.1, 0.15) is 44.9 Å². The van der Waals surface area contributed by atoms with Crippen LogP contribution in [0.5, 0.6) is 0 Å². The molecule has 0 aromatic rings. The summed E-state index contributed by atoms with van der Waals surface area (Å²) in [6.07, 6.45) is 8.71. The zero-order chi connectivity index (χ0) is 8.16. The standard InChI is InChI=1S/C9H20N2/c10-8-7-9(11)5-3-1-2-4-6-9/h1-8,10-11H2. The van der Waals surface area contributed by atoms with Crippen LogP contribution in [0.4, 0.5) is 0 Å². The maximum atomic E-state index is 6.19. The Morgan fingerprint density at radius 3 is 2.00 bits per heavy atom. The summed E-state index contributed by atoms with van der Waals surface area (Å²) in [7, 11) is 0. The smallest absolute Gasteiger partial charge is 0.0166 e. The monoisotopic (exact) mass is 156 g/mol. The number of hydrogen-bond acceptors (Lipinski definition) is 2. The molecule has 1 rings (SSSR count). The Balaban J connectivity index is 2.38. The van der Waals surface area contributed by atoms with Gasteiger partial charge in [-0.1, -0.05) is 25.7 Å². The minimum Gasteiger partial charge on any atom is -0.330 e. The van der Waals surface area contributed by atoms with Crippen LogP contribution in [-0.2, 0) is 0 Å². The van der Waals surface area contributed by atoms with E-state index < -0.39 is 0 Å². The minimum absolute atomic E-state index is 0.0885. The molecule has 4 N–H and O–H groups in total. The highest BCUT2D eigenvalue weighted by molar-refractivity contribution is 4.85. The fraction of sp³-hybridized carbons (Fsp3) is 1.00. The first-order chi connectivity index (χ1) is 5.27. The molecular formula is C9H20N2. The van der Waals surface area contributed by atoms with E-state index in [1.165, 1.54) is 38.5 Å². The van der Waals surface area contributed by atoms with Gasteiger partial charge in [0, 0.05) is 5.54 Å². The number of nitrogens with two attached hydrogens (primary N) is 2. The van der Waals surface area contributed by atoms with E-state index in [1.807, 2.05) is 0 Å². The van der Waals surface area contributed by atoms with Crippen LogP contribution in [0.3, 0.4) is 0 Å². The molecule has 0 saturated heterocycles. The number of hydrogen-bond donors (Lipinski definition) is 2. The van der Waals surface area contributed by atoms with Gasteiger partial charge in [-0.05, 0) is 25.8 Å². The fourth-order valence-electron chi connectivity index (χ4n) is 1.97. The lowest BCUT2D eigenvalue weighted by Gasteiger charge is -2.27. The summed E-state index contributed by atoms with van der Waals surface area (Å²) in [6.45, 7) is 0.747. The van der Waals surface area contributed by atoms with E-state index in [0.29, 0.717) is 0 Å². The van der Waals surface area contributed by atoms with Crippen LogP contribution >= 0.6 is 0 Å². The fourth-order valence-corrected chi connectivity index (χ4v) is 1.97. The van der Waals surface area contributed by atoms with Crippen LogP contribution in [0.25, 0.3) is 0 Å². The number of rotatable bonds is 2. The summed E-state index contributed by atoms with van der Waals surface area (Å²) in [4.78, 5) is 0. The zero-order valence-electron chi connectivity index (χ0n) is 7.31. The average molecular weight is 156 g/mol. The summed E-state index contributed by atoms with van der Waals surface area (Å²) in [5.41, 5.74) is 11.8. The summed E-state index contributed by atoms with van der Waals surface area (Å²) in [5, 5.41) is 0. The molecule has 11 heavy (non-hydrogen) atoms. The van der Waals surface area contributed by atoms with Gasteiger partial charge in [0.25, 0.3) is 0 Å². The second-order valence-electron chi connectivity index (χ2n) is 3.82. The molecule has 0 unspecified atom stereocenters. The van der Waals surface area contributed by atoms with Crippen molar-refractivity contribution in [3.8, 4) is 0 Å². The Bertz CT molecular complexity index is 104. The molecule has 0 bridgehead atoms. The van der Waals surface area contributed by atoms with Gasteiger partial charge in [-0.25, -0.2) is 0 Å². The Morgan fingerprint density at radius 1 is 1.00 bits per heavy atom. The quantitative estimate of drug-likeness (QED) is 0.593. The predicted molar refractivity (Wildman–Crippen MR) is 48.3 cm³/mol. The van der Waals surface area contributed by atoms with Crippen LogP contribution in [0, 0.1) is 0 Å². The Labute approximate surface area is 69.3 Å². The van der Waals surface area contributed by atoms with Crippen LogP contribution in [0.15, 0.2) is 0 Å². The summed E-state index contributed by atoms with van der Waals surface area (Å²) in [5.74, 6) is 0. The van der Waals surface area contributed by atoms with Gasteiger partial charge in [-0.2, -0.15) is 0 Å². The summed E-state index contributed by atoms with van der Waals surface area (Å²) < 4.78 is 0. The van der Waals surface area contributed by atoms with E-state index in [4.69, 9.17) is 11.5 Å². The molecule has 0 radical (unpaired) electrons. The lowest BCUT2D eigenvalue weighted by molar-refractivity contribution is 0.351. The van der Waals surface area contributed by atoms with Crippen molar-refractivity contribution in [2.75, 3.05) is 6.54 Å². The van der Waals surface area contributed by atoms with E-state index in [0.717, 1.165) is 13.0 Å². The van der Waals surface area contributed by atoms with Crippen LogP contribution in [0.2, 0.25) is 0 Å². The zero-order valence-corrected chi connectivity index (χ0v) is 7.31. The molecule has 0 heterocycles. The van der Waals surface area contributed by atoms with Gasteiger partial charge in [-0.15, -0.1) is 0 Å². The Morgan fingerprint density at radius 2 is 1.55 bits per heavy atom. The summed E-state index contributed by atoms with van der Waals surface area (Å²) >= 11 is 0. The normalized spacial score (nSPS) is 24.5. The predicted octanol–water partition coefficient (Wildman–Crippen LogP) is 1.39. The van der Waals surface area contributed by atoms with Crippen molar-refractivity contribution in [1.82, 2.24) is 0 Å². The molecule has 1 fully saturated rings. The molecule has 66 valence electrons. The highest BCUT2D eigenvalue weighted by Crippen LogP contribution is 2.26. The van der Waals surface area contributed by atoms with Gasteiger partial charge in [-0.3, -0.25) is 0 Å². The lowest BCUT2D eigenvalue weighted by atomic mass is 9.88. The van der Waals surface area contributed by atoms with Gasteiger partial charge in [0.15, 0.2) is 0 Å². The van der Waals surface area contributed by atoms with E-state index in [-0.39, 0.29) is 5.54 Å². The molecule has 0 aromatic heterocycles. The largest absolute Gasteiger partial charge is 0.330 e. The van der Waals surface area contributed by atoms with Gasteiger partial charge in [0.2, 0.25) is 0 Å². The molecule has 1 aliphatic rings. The topological polar surface area (TPSA) is 52.0 Å². The first-order valence-corrected chi connectivity index (χ1v) is 4.76. The van der Waals surface area contributed by atoms with E-state index in [1.54, 1.807) is 0 Å². The van der Waals surface area contributed by atoms with Crippen molar-refractivity contribution in [1.29, 1.82) is 0 Å². The molecular weight excluding hydrogens is 136 g/mol. The average Bonchev–Trinajstić information content (AvgIpc) is 2.15. The molecule has 1 saturated carbocycles. The third-order valence-corrected chi connectivity index (χ3v) is 2.74. The Hall–Kier alpha value is -0.0800. The third-order valence-electron chi connectivity index (χ3n) is 2.74. The van der Waals surface area contributed by atoms with Crippen LogP contribution in [-0.4, -0.2) is 12.1 Å². The molecule has 1 aliphatic carbocycles. The molecule has 2 heteroatoms. The summed E-state index contributed by atoms with van der Waals surface area (Å²) in [6, 6.07) is 0. The van der Waals surface area contributed by atoms with Gasteiger partial charge in [0.1, 0.15) is 0 Å². The first kappa shape index (κ1) is 9.01. The molecule has 0 aliphatic heterocycles. The van der Waals surface area contributed by atoms with Crippen molar-refractivity contribution < 1.29 is 0 Å². The first-order valence-electron chi connectivity index (χ1n) is 4.76. The molecule has 0 spiro atoms. The Kier molecular flexibility index (Phi) is 3.34. The second-order valence-corrected chi connectivity index (χ2v) is 3.82. The molecule has 0 amide bonds. The highest BCUT2D eigenvalue weighted by atomic mass is 14.7. The SMILES string of the molecule is NCCC1(N)CCCCCC1. The maximum absolute atomic E-state index is 6.19. The van der Waals surface area contributed by atoms with Crippen molar-refractivity contribution in [2.24, 2.45) is 11.5 Å². The van der Waals surface area contributed by atoms with Crippen LogP contribution < -0.4 is 11.5 Å². The van der Waals surface area contributed by atoms with E-state index >= 15 is 0 Å². The van der Waals surface area contributed by atoms with Gasteiger partial charge < -0.3 is 11.5 Å².